The zero-order valence-corrected chi connectivity index (χ0v) is 19.0. The molecule has 1 saturated carbocycles. The number of para-hydroxylation sites is 1. The third-order valence-electron chi connectivity index (χ3n) is 6.28. The van der Waals surface area contributed by atoms with Crippen molar-refractivity contribution in [2.45, 2.75) is 44.6 Å². The molecule has 0 bridgehead atoms. The first-order valence-electron chi connectivity index (χ1n) is 11.5. The van der Waals surface area contributed by atoms with Crippen LogP contribution >= 0.6 is 0 Å². The van der Waals surface area contributed by atoms with Crippen LogP contribution in [0.5, 0.6) is 11.5 Å². The number of halogens is 1. The maximum Gasteiger partial charge on any atom is 0.164 e. The Bertz CT molecular complexity index is 1350. The molecule has 1 aliphatic rings. The average Bonchev–Trinajstić information content (AvgIpc) is 3.50. The minimum Gasteiger partial charge on any atom is -0.493 e. The highest BCUT2D eigenvalue weighted by molar-refractivity contribution is 5.78. The molecule has 0 unspecified atom stereocenters. The molecule has 172 valence electrons. The van der Waals surface area contributed by atoms with Crippen LogP contribution in [0.3, 0.4) is 0 Å². The van der Waals surface area contributed by atoms with Crippen molar-refractivity contribution in [2.24, 2.45) is 0 Å². The second-order valence-corrected chi connectivity index (χ2v) is 8.49. The monoisotopic (exact) mass is 456 g/mol. The van der Waals surface area contributed by atoms with E-state index >= 15 is 0 Å². The first-order valence-corrected chi connectivity index (χ1v) is 11.5. The summed E-state index contributed by atoms with van der Waals surface area (Å²) in [6.45, 7) is 0. The maximum atomic E-state index is 14.1. The van der Waals surface area contributed by atoms with E-state index in [0.29, 0.717) is 35.3 Å². The highest BCUT2D eigenvalue weighted by Crippen LogP contribution is 2.35. The van der Waals surface area contributed by atoms with E-state index in [2.05, 4.69) is 17.1 Å². The number of nitrogens with zero attached hydrogens (tertiary/aromatic N) is 4. The topological polar surface area (TPSA) is 73.0 Å². The number of aryl methyl sites for hydroxylation is 2. The first kappa shape index (κ1) is 21.9. The summed E-state index contributed by atoms with van der Waals surface area (Å²) in [6.07, 6.45) is 7.48. The van der Waals surface area contributed by atoms with E-state index in [1.807, 2.05) is 16.7 Å². The molecule has 0 amide bonds. The number of imidazole rings is 1. The van der Waals surface area contributed by atoms with Gasteiger partial charge in [-0.25, -0.2) is 14.4 Å². The van der Waals surface area contributed by atoms with Crippen molar-refractivity contribution in [3.63, 3.8) is 0 Å². The summed E-state index contributed by atoms with van der Waals surface area (Å²) < 4.78 is 28.0. The molecule has 1 fully saturated rings. The fourth-order valence-electron chi connectivity index (χ4n) is 4.58. The van der Waals surface area contributed by atoms with Gasteiger partial charge in [0.25, 0.3) is 0 Å². The van der Waals surface area contributed by atoms with Gasteiger partial charge in [-0.15, -0.1) is 0 Å². The van der Waals surface area contributed by atoms with Gasteiger partial charge in [0.05, 0.1) is 29.8 Å². The fraction of sp³-hybridized carbons (Fsp3) is 0.296. The highest BCUT2D eigenvalue weighted by Gasteiger charge is 2.21. The summed E-state index contributed by atoms with van der Waals surface area (Å²) in [4.78, 5) is 9.22. The smallest absolute Gasteiger partial charge is 0.164 e. The van der Waals surface area contributed by atoms with E-state index in [-0.39, 0.29) is 11.9 Å². The van der Waals surface area contributed by atoms with Gasteiger partial charge in [0.1, 0.15) is 23.5 Å². The van der Waals surface area contributed by atoms with Gasteiger partial charge in [-0.2, -0.15) is 5.26 Å². The Morgan fingerprint density at radius 1 is 1.12 bits per heavy atom. The van der Waals surface area contributed by atoms with Crippen molar-refractivity contribution in [3.8, 4) is 23.4 Å². The zero-order valence-electron chi connectivity index (χ0n) is 19.0. The number of methoxy groups -OCH3 is 1. The predicted octanol–water partition coefficient (Wildman–Crippen LogP) is 5.55. The van der Waals surface area contributed by atoms with Crippen molar-refractivity contribution in [3.05, 3.63) is 77.5 Å². The Labute approximate surface area is 197 Å². The Morgan fingerprint density at radius 2 is 1.97 bits per heavy atom. The lowest BCUT2D eigenvalue weighted by Gasteiger charge is -2.19. The highest BCUT2D eigenvalue weighted by atomic mass is 19.1. The molecule has 0 radical (unpaired) electrons. The van der Waals surface area contributed by atoms with E-state index in [0.717, 1.165) is 35.7 Å². The summed E-state index contributed by atoms with van der Waals surface area (Å²) in [5.41, 5.74) is 2.84. The van der Waals surface area contributed by atoms with Crippen molar-refractivity contribution >= 4 is 11.0 Å². The van der Waals surface area contributed by atoms with E-state index in [9.17, 15) is 4.39 Å². The number of nitriles is 1. The summed E-state index contributed by atoms with van der Waals surface area (Å²) in [6, 6.07) is 16.0. The number of aromatic nitrogens is 3. The van der Waals surface area contributed by atoms with Crippen LogP contribution in [0.1, 0.15) is 42.6 Å². The van der Waals surface area contributed by atoms with Crippen LogP contribution in [0.4, 0.5) is 4.39 Å². The summed E-state index contributed by atoms with van der Waals surface area (Å²) >= 11 is 0. The Balaban J connectivity index is 1.51. The van der Waals surface area contributed by atoms with Gasteiger partial charge in [0, 0.05) is 18.7 Å². The van der Waals surface area contributed by atoms with Gasteiger partial charge in [-0.1, -0.05) is 12.1 Å². The first-order chi connectivity index (χ1) is 16.7. The lowest BCUT2D eigenvalue weighted by molar-refractivity contribution is 0.198. The molecule has 0 N–H and O–H groups in total. The fourth-order valence-corrected chi connectivity index (χ4v) is 4.58. The number of hydrogen-bond donors (Lipinski definition) is 0. The number of benzene rings is 2. The third-order valence-corrected chi connectivity index (χ3v) is 6.28. The van der Waals surface area contributed by atoms with Gasteiger partial charge in [-0.3, -0.25) is 4.57 Å². The number of hydrogen-bond acceptors (Lipinski definition) is 5. The van der Waals surface area contributed by atoms with Crippen LogP contribution in [-0.4, -0.2) is 27.7 Å². The predicted molar refractivity (Wildman–Crippen MR) is 127 cm³/mol. The molecule has 0 spiro atoms. The van der Waals surface area contributed by atoms with Crippen molar-refractivity contribution in [2.75, 3.05) is 7.11 Å². The quantitative estimate of drug-likeness (QED) is 0.365. The number of rotatable bonds is 7. The second-order valence-electron chi connectivity index (χ2n) is 8.49. The lowest BCUT2D eigenvalue weighted by Crippen LogP contribution is -2.13. The molecular formula is C27H25FN4O2. The molecule has 2 aromatic carbocycles. The van der Waals surface area contributed by atoms with Gasteiger partial charge in [0.2, 0.25) is 0 Å². The second kappa shape index (κ2) is 9.52. The van der Waals surface area contributed by atoms with Crippen LogP contribution in [0, 0.1) is 17.1 Å². The molecule has 2 heterocycles. The molecule has 2 aromatic heterocycles. The zero-order chi connectivity index (χ0) is 23.5. The molecular weight excluding hydrogens is 431 g/mol. The third kappa shape index (κ3) is 4.32. The van der Waals surface area contributed by atoms with Gasteiger partial charge >= 0.3 is 0 Å². The van der Waals surface area contributed by atoms with E-state index < -0.39 is 0 Å². The van der Waals surface area contributed by atoms with E-state index in [1.54, 1.807) is 25.3 Å². The maximum absolute atomic E-state index is 14.1. The molecule has 1 aliphatic carbocycles. The minimum atomic E-state index is -0.339. The van der Waals surface area contributed by atoms with Crippen molar-refractivity contribution in [1.29, 1.82) is 5.26 Å². The van der Waals surface area contributed by atoms with Gasteiger partial charge in [0.15, 0.2) is 11.5 Å². The van der Waals surface area contributed by atoms with Gasteiger partial charge in [-0.05, 0) is 68.0 Å². The molecule has 6 nitrogen and oxygen atoms in total. The standard InChI is InChI=1S/C27H25FN4O2/c1-33-24-8-4-5-19(27(24)34-21-6-2-3-7-21)10-14-26-31-22-12-11-20(28)15-23(22)32(26)25-13-9-18(16-29)17-30-25/h4-5,8-9,11-13,15,17,21H,2-3,6-7,10,14H2,1H3. The van der Waals surface area contributed by atoms with Crippen LogP contribution in [0.15, 0.2) is 54.7 Å². The molecule has 4 aromatic rings. The molecule has 5 rings (SSSR count). The Kier molecular flexibility index (Phi) is 6.13. The van der Waals surface area contributed by atoms with Crippen LogP contribution in [-0.2, 0) is 12.8 Å². The molecule has 0 aliphatic heterocycles. The number of pyridine rings is 1. The molecule has 34 heavy (non-hydrogen) atoms. The van der Waals surface area contributed by atoms with Crippen LogP contribution in [0.2, 0.25) is 0 Å². The summed E-state index contributed by atoms with van der Waals surface area (Å²) in [5.74, 6) is 2.53. The van der Waals surface area contributed by atoms with E-state index in [4.69, 9.17) is 19.7 Å². The normalized spacial score (nSPS) is 13.8. The SMILES string of the molecule is COc1cccc(CCc2nc3ccc(F)cc3n2-c2ccc(C#N)cn2)c1OC1CCCC1. The number of ether oxygens (including phenoxy) is 2. The Morgan fingerprint density at radius 3 is 2.71 bits per heavy atom. The summed E-state index contributed by atoms with van der Waals surface area (Å²) in [5, 5.41) is 9.12. The average molecular weight is 457 g/mol. The largest absolute Gasteiger partial charge is 0.493 e. The summed E-state index contributed by atoms with van der Waals surface area (Å²) in [7, 11) is 1.66. The van der Waals surface area contributed by atoms with Crippen molar-refractivity contribution in [1.82, 2.24) is 14.5 Å². The van der Waals surface area contributed by atoms with Crippen LogP contribution < -0.4 is 9.47 Å². The van der Waals surface area contributed by atoms with Crippen LogP contribution in [0.25, 0.3) is 16.9 Å². The molecule has 0 atom stereocenters. The number of fused-ring (bicyclic) bond motifs is 1. The lowest BCUT2D eigenvalue weighted by atomic mass is 10.1. The minimum absolute atomic E-state index is 0.213. The molecule has 0 saturated heterocycles. The van der Waals surface area contributed by atoms with E-state index in [1.165, 1.54) is 31.2 Å². The Hall–Kier alpha value is -3.92. The molecule has 7 heteroatoms. The van der Waals surface area contributed by atoms with Gasteiger partial charge < -0.3 is 9.47 Å². The van der Waals surface area contributed by atoms with Crippen molar-refractivity contribution < 1.29 is 13.9 Å².